The molecule has 0 saturated carbocycles. The molecule has 0 fully saturated rings. The first-order valence-corrected chi connectivity index (χ1v) is 6.93. The first-order chi connectivity index (χ1) is 10.0. The van der Waals surface area contributed by atoms with Crippen LogP contribution in [0, 0.1) is 5.92 Å². The summed E-state index contributed by atoms with van der Waals surface area (Å²) in [7, 11) is 1.57. The molecule has 0 spiro atoms. The van der Waals surface area contributed by atoms with E-state index in [1.54, 1.807) is 19.2 Å². The molecule has 0 aliphatic carbocycles. The van der Waals surface area contributed by atoms with Crippen molar-refractivity contribution in [3.05, 3.63) is 30.3 Å². The molecule has 0 aromatic heterocycles. The standard InChI is InChI=1S/C15H23N3O3/c1-11(2)13(14(19)16-9-10-21-3)18-15(20)17-12-7-5-4-6-8-12/h4-8,11,13H,9-10H2,1-3H3,(H,16,19)(H2,17,18,20). The fourth-order valence-electron chi connectivity index (χ4n) is 1.75. The number of amides is 3. The number of hydrogen-bond donors (Lipinski definition) is 3. The molecule has 21 heavy (non-hydrogen) atoms. The Balaban J connectivity index is 2.53. The van der Waals surface area contributed by atoms with Crippen LogP contribution < -0.4 is 16.0 Å². The van der Waals surface area contributed by atoms with Gasteiger partial charge in [0.05, 0.1) is 6.61 Å². The number of methoxy groups -OCH3 is 1. The lowest BCUT2D eigenvalue weighted by Crippen LogP contribution is -2.51. The third kappa shape index (κ3) is 6.27. The van der Waals surface area contributed by atoms with Crippen LogP contribution in [0.4, 0.5) is 10.5 Å². The molecule has 116 valence electrons. The van der Waals surface area contributed by atoms with E-state index >= 15 is 0 Å². The summed E-state index contributed by atoms with van der Waals surface area (Å²) >= 11 is 0. The molecule has 0 aliphatic heterocycles. The predicted molar refractivity (Wildman–Crippen MR) is 82.1 cm³/mol. The number of para-hydroxylation sites is 1. The van der Waals surface area contributed by atoms with Gasteiger partial charge in [-0.3, -0.25) is 4.79 Å². The lowest BCUT2D eigenvalue weighted by molar-refractivity contribution is -0.124. The molecule has 1 rings (SSSR count). The number of anilines is 1. The van der Waals surface area contributed by atoms with Crippen molar-refractivity contribution in [1.82, 2.24) is 10.6 Å². The Bertz CT molecular complexity index is 449. The second kappa shape index (κ2) is 8.97. The van der Waals surface area contributed by atoms with Crippen LogP contribution in [0.15, 0.2) is 30.3 Å². The normalized spacial score (nSPS) is 11.8. The molecule has 3 amide bonds. The summed E-state index contributed by atoms with van der Waals surface area (Å²) in [5, 5.41) is 8.11. The predicted octanol–water partition coefficient (Wildman–Crippen LogP) is 1.60. The molecule has 0 bridgehead atoms. The van der Waals surface area contributed by atoms with Gasteiger partial charge in [-0.15, -0.1) is 0 Å². The van der Waals surface area contributed by atoms with E-state index in [-0.39, 0.29) is 11.8 Å². The van der Waals surface area contributed by atoms with Gasteiger partial charge >= 0.3 is 6.03 Å². The van der Waals surface area contributed by atoms with Gasteiger partial charge in [0.15, 0.2) is 0 Å². The zero-order valence-corrected chi connectivity index (χ0v) is 12.7. The number of urea groups is 1. The summed E-state index contributed by atoms with van der Waals surface area (Å²) in [6.45, 7) is 4.61. The molecule has 0 aliphatic rings. The minimum atomic E-state index is -0.592. The molecule has 6 heteroatoms. The Morgan fingerprint density at radius 1 is 1.19 bits per heavy atom. The number of hydrogen-bond acceptors (Lipinski definition) is 3. The molecule has 1 aromatic rings. The van der Waals surface area contributed by atoms with Crippen LogP contribution >= 0.6 is 0 Å². The van der Waals surface area contributed by atoms with Crippen LogP contribution in [-0.4, -0.2) is 38.2 Å². The molecule has 0 radical (unpaired) electrons. The van der Waals surface area contributed by atoms with E-state index in [2.05, 4.69) is 16.0 Å². The summed E-state index contributed by atoms with van der Waals surface area (Å²) in [6.07, 6.45) is 0. The zero-order chi connectivity index (χ0) is 15.7. The van der Waals surface area contributed by atoms with E-state index < -0.39 is 12.1 Å². The first-order valence-electron chi connectivity index (χ1n) is 6.93. The van der Waals surface area contributed by atoms with Gasteiger partial charge in [-0.1, -0.05) is 32.0 Å². The van der Waals surface area contributed by atoms with Crippen molar-refractivity contribution in [3.63, 3.8) is 0 Å². The highest BCUT2D eigenvalue weighted by atomic mass is 16.5. The van der Waals surface area contributed by atoms with Gasteiger partial charge in [0.1, 0.15) is 6.04 Å². The van der Waals surface area contributed by atoms with E-state index in [4.69, 9.17) is 4.74 Å². The van der Waals surface area contributed by atoms with Crippen molar-refractivity contribution >= 4 is 17.6 Å². The highest BCUT2D eigenvalue weighted by molar-refractivity contribution is 5.93. The number of carbonyl (C=O) groups excluding carboxylic acids is 2. The number of ether oxygens (including phenoxy) is 1. The van der Waals surface area contributed by atoms with Gasteiger partial charge in [0.2, 0.25) is 5.91 Å². The topological polar surface area (TPSA) is 79.5 Å². The van der Waals surface area contributed by atoms with Crippen LogP contribution in [0.1, 0.15) is 13.8 Å². The van der Waals surface area contributed by atoms with Crippen molar-refractivity contribution < 1.29 is 14.3 Å². The molecule has 3 N–H and O–H groups in total. The Kier molecular flexibility index (Phi) is 7.25. The quantitative estimate of drug-likeness (QED) is 0.668. The van der Waals surface area contributed by atoms with Crippen molar-refractivity contribution in [2.45, 2.75) is 19.9 Å². The summed E-state index contributed by atoms with van der Waals surface area (Å²) in [6, 6.07) is 8.08. The average molecular weight is 293 g/mol. The number of rotatable bonds is 7. The van der Waals surface area contributed by atoms with E-state index in [9.17, 15) is 9.59 Å². The van der Waals surface area contributed by atoms with Gasteiger partial charge < -0.3 is 20.7 Å². The maximum atomic E-state index is 12.0. The van der Waals surface area contributed by atoms with E-state index in [1.165, 1.54) is 0 Å². The van der Waals surface area contributed by atoms with Crippen LogP contribution in [-0.2, 0) is 9.53 Å². The second-order valence-electron chi connectivity index (χ2n) is 4.97. The first kappa shape index (κ1) is 17.0. The minimum absolute atomic E-state index is 0.0194. The molecule has 1 aromatic carbocycles. The molecule has 1 atom stereocenters. The third-order valence-corrected chi connectivity index (χ3v) is 2.87. The SMILES string of the molecule is COCCNC(=O)C(NC(=O)Nc1ccccc1)C(C)C. The van der Waals surface area contributed by atoms with Crippen molar-refractivity contribution in [2.75, 3.05) is 25.6 Å². The molecule has 1 unspecified atom stereocenters. The van der Waals surface area contributed by atoms with Gasteiger partial charge in [-0.25, -0.2) is 4.79 Å². The third-order valence-electron chi connectivity index (χ3n) is 2.87. The molecular formula is C15H23N3O3. The maximum Gasteiger partial charge on any atom is 0.319 e. The Labute approximate surface area is 125 Å². The summed E-state index contributed by atoms with van der Waals surface area (Å²) in [5.74, 6) is -0.237. The Hall–Kier alpha value is -2.08. The van der Waals surface area contributed by atoms with Crippen LogP contribution in [0.2, 0.25) is 0 Å². The zero-order valence-electron chi connectivity index (χ0n) is 12.7. The van der Waals surface area contributed by atoms with Crippen LogP contribution in [0.25, 0.3) is 0 Å². The van der Waals surface area contributed by atoms with Gasteiger partial charge in [-0.2, -0.15) is 0 Å². The Morgan fingerprint density at radius 3 is 2.43 bits per heavy atom. The number of nitrogens with one attached hydrogen (secondary N) is 3. The highest BCUT2D eigenvalue weighted by Crippen LogP contribution is 2.06. The molecule has 6 nitrogen and oxygen atoms in total. The maximum absolute atomic E-state index is 12.0. The van der Waals surface area contributed by atoms with E-state index in [0.717, 1.165) is 0 Å². The Morgan fingerprint density at radius 2 is 1.86 bits per heavy atom. The van der Waals surface area contributed by atoms with Crippen molar-refractivity contribution in [2.24, 2.45) is 5.92 Å². The average Bonchev–Trinajstić information content (AvgIpc) is 2.45. The smallest absolute Gasteiger partial charge is 0.319 e. The fourth-order valence-corrected chi connectivity index (χ4v) is 1.75. The van der Waals surface area contributed by atoms with E-state index in [0.29, 0.717) is 18.8 Å². The minimum Gasteiger partial charge on any atom is -0.383 e. The number of carbonyl (C=O) groups is 2. The number of benzene rings is 1. The van der Waals surface area contributed by atoms with Gasteiger partial charge in [0.25, 0.3) is 0 Å². The van der Waals surface area contributed by atoms with Crippen molar-refractivity contribution in [3.8, 4) is 0 Å². The molecular weight excluding hydrogens is 270 g/mol. The lowest BCUT2D eigenvalue weighted by atomic mass is 10.0. The van der Waals surface area contributed by atoms with Gasteiger partial charge in [-0.05, 0) is 18.1 Å². The largest absolute Gasteiger partial charge is 0.383 e. The van der Waals surface area contributed by atoms with Crippen LogP contribution in [0.5, 0.6) is 0 Å². The summed E-state index contributed by atoms with van der Waals surface area (Å²) < 4.78 is 4.88. The second-order valence-corrected chi connectivity index (χ2v) is 4.97. The highest BCUT2D eigenvalue weighted by Gasteiger charge is 2.23. The molecule has 0 heterocycles. The monoisotopic (exact) mass is 293 g/mol. The fraction of sp³-hybridized carbons (Fsp3) is 0.467. The van der Waals surface area contributed by atoms with E-state index in [1.807, 2.05) is 32.0 Å². The molecule has 0 saturated heterocycles. The van der Waals surface area contributed by atoms with Crippen molar-refractivity contribution in [1.29, 1.82) is 0 Å². The summed E-state index contributed by atoms with van der Waals surface area (Å²) in [4.78, 5) is 24.0. The summed E-state index contributed by atoms with van der Waals surface area (Å²) in [5.41, 5.74) is 0.678. The van der Waals surface area contributed by atoms with Gasteiger partial charge in [0, 0.05) is 19.3 Å². The lowest BCUT2D eigenvalue weighted by Gasteiger charge is -2.21. The van der Waals surface area contributed by atoms with Crippen LogP contribution in [0.3, 0.4) is 0 Å².